The standard InChI is InChI=1S/C23H16Cl2N2O3/c24-19-8-16(12-26)7-18(11-19)20-9-15(3-6-21(20)25)13-27-22(28)10-14-1-4-17(5-2-14)23(29)30/h1-9,11H,10,13H2,(H,27,28)(H,29,30). The molecule has 0 saturated carbocycles. The van der Waals surface area contributed by atoms with Crippen molar-refractivity contribution < 1.29 is 14.7 Å². The highest BCUT2D eigenvalue weighted by molar-refractivity contribution is 6.34. The normalized spacial score (nSPS) is 10.3. The smallest absolute Gasteiger partial charge is 0.335 e. The minimum atomic E-state index is -1.01. The molecule has 0 unspecified atom stereocenters. The van der Waals surface area contributed by atoms with Crippen molar-refractivity contribution >= 4 is 35.1 Å². The van der Waals surface area contributed by atoms with Gasteiger partial charge in [0.15, 0.2) is 0 Å². The van der Waals surface area contributed by atoms with Gasteiger partial charge in [-0.2, -0.15) is 5.26 Å². The Morgan fingerprint density at radius 1 is 0.967 bits per heavy atom. The lowest BCUT2D eigenvalue weighted by Crippen LogP contribution is -2.24. The highest BCUT2D eigenvalue weighted by Gasteiger charge is 2.10. The van der Waals surface area contributed by atoms with Crippen LogP contribution in [-0.2, 0) is 17.8 Å². The lowest BCUT2D eigenvalue weighted by atomic mass is 10.0. The molecule has 0 saturated heterocycles. The van der Waals surface area contributed by atoms with Gasteiger partial charge in [0.1, 0.15) is 0 Å². The molecular formula is C23H16Cl2N2O3. The Bertz CT molecular complexity index is 1150. The zero-order valence-electron chi connectivity index (χ0n) is 15.7. The second-order valence-electron chi connectivity index (χ2n) is 6.61. The minimum absolute atomic E-state index is 0.139. The zero-order valence-corrected chi connectivity index (χ0v) is 17.2. The summed E-state index contributed by atoms with van der Waals surface area (Å²) in [4.78, 5) is 23.1. The van der Waals surface area contributed by atoms with Crippen LogP contribution in [0.4, 0.5) is 0 Å². The third-order valence-corrected chi connectivity index (χ3v) is 4.97. The van der Waals surface area contributed by atoms with Gasteiger partial charge in [0.2, 0.25) is 5.91 Å². The van der Waals surface area contributed by atoms with Crippen molar-refractivity contribution in [2.75, 3.05) is 0 Å². The number of benzene rings is 3. The van der Waals surface area contributed by atoms with E-state index in [4.69, 9.17) is 33.6 Å². The van der Waals surface area contributed by atoms with Gasteiger partial charge in [-0.1, -0.05) is 41.4 Å². The van der Waals surface area contributed by atoms with Crippen molar-refractivity contribution in [1.82, 2.24) is 5.32 Å². The zero-order chi connectivity index (χ0) is 21.7. The molecule has 0 heterocycles. The van der Waals surface area contributed by atoms with Crippen molar-refractivity contribution in [3.63, 3.8) is 0 Å². The Kier molecular flexibility index (Phi) is 6.73. The molecule has 2 N–H and O–H groups in total. The first kappa shape index (κ1) is 21.4. The molecule has 3 aromatic rings. The topological polar surface area (TPSA) is 90.2 Å². The van der Waals surface area contributed by atoms with E-state index in [2.05, 4.69) is 11.4 Å². The van der Waals surface area contributed by atoms with Crippen LogP contribution >= 0.6 is 23.2 Å². The predicted molar refractivity (Wildman–Crippen MR) is 116 cm³/mol. The summed E-state index contributed by atoms with van der Waals surface area (Å²) < 4.78 is 0. The van der Waals surface area contributed by atoms with Crippen molar-refractivity contribution in [3.8, 4) is 17.2 Å². The SMILES string of the molecule is N#Cc1cc(Cl)cc(-c2cc(CNC(=O)Cc3ccc(C(=O)O)cc3)ccc2Cl)c1. The maximum absolute atomic E-state index is 12.2. The van der Waals surface area contributed by atoms with Gasteiger partial charge in [-0.05, 0) is 59.2 Å². The molecule has 0 radical (unpaired) electrons. The van der Waals surface area contributed by atoms with E-state index in [1.165, 1.54) is 12.1 Å². The first-order chi connectivity index (χ1) is 14.4. The van der Waals surface area contributed by atoms with Crippen LogP contribution in [-0.4, -0.2) is 17.0 Å². The molecule has 0 fully saturated rings. The first-order valence-corrected chi connectivity index (χ1v) is 9.70. The molecule has 7 heteroatoms. The van der Waals surface area contributed by atoms with Gasteiger partial charge in [-0.25, -0.2) is 4.79 Å². The van der Waals surface area contributed by atoms with Gasteiger partial charge in [-0.15, -0.1) is 0 Å². The Hall–Kier alpha value is -3.33. The number of nitrogens with zero attached hydrogens (tertiary/aromatic N) is 1. The van der Waals surface area contributed by atoms with E-state index in [1.807, 2.05) is 12.1 Å². The summed E-state index contributed by atoms with van der Waals surface area (Å²) in [5.74, 6) is -1.20. The largest absolute Gasteiger partial charge is 0.478 e. The van der Waals surface area contributed by atoms with Crippen LogP contribution in [0.1, 0.15) is 27.0 Å². The summed E-state index contributed by atoms with van der Waals surface area (Å²) in [5.41, 5.74) is 3.59. The average Bonchev–Trinajstić information content (AvgIpc) is 2.73. The Morgan fingerprint density at radius 3 is 2.33 bits per heavy atom. The van der Waals surface area contributed by atoms with E-state index in [0.29, 0.717) is 27.7 Å². The molecule has 0 aliphatic rings. The number of hydrogen-bond acceptors (Lipinski definition) is 3. The Labute approximate surface area is 183 Å². The molecule has 5 nitrogen and oxygen atoms in total. The number of rotatable bonds is 6. The molecule has 3 aromatic carbocycles. The maximum atomic E-state index is 12.2. The van der Waals surface area contributed by atoms with Crippen LogP contribution in [0.25, 0.3) is 11.1 Å². The van der Waals surface area contributed by atoms with Crippen molar-refractivity contribution in [3.05, 3.63) is 93.0 Å². The summed E-state index contributed by atoms with van der Waals surface area (Å²) in [6.07, 6.45) is 0.139. The average molecular weight is 439 g/mol. The maximum Gasteiger partial charge on any atom is 0.335 e. The lowest BCUT2D eigenvalue weighted by Gasteiger charge is -2.10. The van der Waals surface area contributed by atoms with E-state index in [-0.39, 0.29) is 17.9 Å². The number of carboxylic acid groups (broad SMARTS) is 1. The fraction of sp³-hybridized carbons (Fsp3) is 0.0870. The van der Waals surface area contributed by atoms with Crippen molar-refractivity contribution in [2.24, 2.45) is 0 Å². The number of carbonyl (C=O) groups is 2. The van der Waals surface area contributed by atoms with E-state index in [9.17, 15) is 9.59 Å². The molecule has 0 aliphatic carbocycles. The second-order valence-corrected chi connectivity index (χ2v) is 7.45. The summed E-state index contributed by atoms with van der Waals surface area (Å²) in [5, 5.41) is 21.9. The molecule has 0 spiro atoms. The summed E-state index contributed by atoms with van der Waals surface area (Å²) in [6.45, 7) is 0.294. The molecule has 0 atom stereocenters. The van der Waals surface area contributed by atoms with Crippen LogP contribution in [0.3, 0.4) is 0 Å². The summed E-state index contributed by atoms with van der Waals surface area (Å²) >= 11 is 12.4. The lowest BCUT2D eigenvalue weighted by molar-refractivity contribution is -0.120. The molecule has 0 aliphatic heterocycles. The fourth-order valence-corrected chi connectivity index (χ4v) is 3.39. The quantitative estimate of drug-likeness (QED) is 0.560. The van der Waals surface area contributed by atoms with Gasteiger partial charge < -0.3 is 10.4 Å². The highest BCUT2D eigenvalue weighted by Crippen LogP contribution is 2.31. The monoisotopic (exact) mass is 438 g/mol. The molecule has 0 bridgehead atoms. The van der Waals surface area contributed by atoms with Gasteiger partial charge in [-0.3, -0.25) is 4.79 Å². The summed E-state index contributed by atoms with van der Waals surface area (Å²) in [7, 11) is 0. The first-order valence-electron chi connectivity index (χ1n) is 8.94. The van der Waals surface area contributed by atoms with E-state index in [1.54, 1.807) is 36.4 Å². The van der Waals surface area contributed by atoms with Gasteiger partial charge in [0, 0.05) is 22.2 Å². The number of halogens is 2. The summed E-state index contributed by atoms with van der Waals surface area (Å²) in [6, 6.07) is 18.6. The number of carbonyl (C=O) groups excluding carboxylic acids is 1. The number of amides is 1. The molecule has 150 valence electrons. The Morgan fingerprint density at radius 2 is 1.67 bits per heavy atom. The molecule has 30 heavy (non-hydrogen) atoms. The number of nitriles is 1. The minimum Gasteiger partial charge on any atom is -0.478 e. The van der Waals surface area contributed by atoms with E-state index in [0.717, 1.165) is 16.7 Å². The third kappa shape index (κ3) is 5.38. The van der Waals surface area contributed by atoms with Gasteiger partial charge in [0.05, 0.1) is 23.6 Å². The van der Waals surface area contributed by atoms with Crippen LogP contribution in [0.15, 0.2) is 60.7 Å². The number of hydrogen-bond donors (Lipinski definition) is 2. The van der Waals surface area contributed by atoms with Crippen molar-refractivity contribution in [1.29, 1.82) is 5.26 Å². The van der Waals surface area contributed by atoms with Crippen molar-refractivity contribution in [2.45, 2.75) is 13.0 Å². The van der Waals surface area contributed by atoms with Crippen LogP contribution in [0.2, 0.25) is 10.0 Å². The number of carboxylic acids is 1. The van der Waals surface area contributed by atoms with Gasteiger partial charge in [0.25, 0.3) is 0 Å². The number of nitrogens with one attached hydrogen (secondary N) is 1. The fourth-order valence-electron chi connectivity index (χ4n) is 2.93. The van der Waals surface area contributed by atoms with E-state index < -0.39 is 5.97 Å². The predicted octanol–water partition coefficient (Wildman–Crippen LogP) is 5.09. The molecule has 1 amide bonds. The molecular weight excluding hydrogens is 423 g/mol. The third-order valence-electron chi connectivity index (χ3n) is 4.42. The van der Waals surface area contributed by atoms with Crippen LogP contribution < -0.4 is 5.32 Å². The van der Waals surface area contributed by atoms with Gasteiger partial charge >= 0.3 is 5.97 Å². The second kappa shape index (κ2) is 9.45. The van der Waals surface area contributed by atoms with Crippen LogP contribution in [0, 0.1) is 11.3 Å². The molecule has 3 rings (SSSR count). The highest BCUT2D eigenvalue weighted by atomic mass is 35.5. The van der Waals surface area contributed by atoms with Crippen LogP contribution in [0.5, 0.6) is 0 Å². The number of aromatic carboxylic acids is 1. The Balaban J connectivity index is 1.70. The molecule has 0 aromatic heterocycles. The van der Waals surface area contributed by atoms with E-state index >= 15 is 0 Å².